The van der Waals surface area contributed by atoms with Gasteiger partial charge in [0.2, 0.25) is 0 Å². The molecule has 0 aliphatic rings. The molecule has 1 heterocycles. The fourth-order valence-electron chi connectivity index (χ4n) is 2.72. The van der Waals surface area contributed by atoms with Crippen molar-refractivity contribution in [1.82, 2.24) is 5.32 Å². The first-order chi connectivity index (χ1) is 10.2. The van der Waals surface area contributed by atoms with E-state index in [-0.39, 0.29) is 12.5 Å². The number of furan rings is 1. The summed E-state index contributed by atoms with van der Waals surface area (Å²) in [7, 11) is 0. The molecule has 0 spiro atoms. The van der Waals surface area contributed by atoms with Crippen LogP contribution in [0.25, 0.3) is 0 Å². The first-order valence-electron chi connectivity index (χ1n) is 7.35. The van der Waals surface area contributed by atoms with E-state index in [1.54, 1.807) is 13.0 Å². The number of carbonyl (C=O) groups excluding carboxylic acids is 1. The molecule has 0 bridgehead atoms. The van der Waals surface area contributed by atoms with Crippen molar-refractivity contribution in [1.29, 1.82) is 0 Å². The third kappa shape index (κ3) is 3.57. The van der Waals surface area contributed by atoms with Gasteiger partial charge in [0.15, 0.2) is 0 Å². The van der Waals surface area contributed by atoms with Gasteiger partial charge in [0.25, 0.3) is 5.91 Å². The summed E-state index contributed by atoms with van der Waals surface area (Å²) in [6, 6.07) is 7.50. The molecule has 0 radical (unpaired) electrons. The summed E-state index contributed by atoms with van der Waals surface area (Å²) >= 11 is 0. The van der Waals surface area contributed by atoms with Crippen LogP contribution in [0, 0.1) is 27.7 Å². The van der Waals surface area contributed by atoms with E-state index in [0.717, 1.165) is 16.9 Å². The highest BCUT2D eigenvalue weighted by Crippen LogP contribution is 2.26. The van der Waals surface area contributed by atoms with Crippen molar-refractivity contribution in [2.24, 2.45) is 0 Å². The van der Waals surface area contributed by atoms with Crippen LogP contribution in [0.4, 0.5) is 0 Å². The highest BCUT2D eigenvalue weighted by Gasteiger charge is 2.28. The van der Waals surface area contributed by atoms with Gasteiger partial charge in [-0.05, 0) is 52.8 Å². The van der Waals surface area contributed by atoms with Gasteiger partial charge in [-0.3, -0.25) is 4.79 Å². The summed E-state index contributed by atoms with van der Waals surface area (Å²) in [6.45, 7) is 9.35. The number of rotatable bonds is 4. The summed E-state index contributed by atoms with van der Waals surface area (Å²) in [6.07, 6.45) is 0. The van der Waals surface area contributed by atoms with E-state index < -0.39 is 5.60 Å². The van der Waals surface area contributed by atoms with Crippen LogP contribution in [-0.4, -0.2) is 17.6 Å². The van der Waals surface area contributed by atoms with E-state index in [9.17, 15) is 9.90 Å². The zero-order valence-electron chi connectivity index (χ0n) is 13.8. The molecule has 2 rings (SSSR count). The molecule has 4 heteroatoms. The Morgan fingerprint density at radius 1 is 1.14 bits per heavy atom. The lowest BCUT2D eigenvalue weighted by molar-refractivity contribution is 0.0514. The predicted molar refractivity (Wildman–Crippen MR) is 86.0 cm³/mol. The van der Waals surface area contributed by atoms with Gasteiger partial charge in [0.05, 0.1) is 6.54 Å². The lowest BCUT2D eigenvalue weighted by atomic mass is 9.96. The van der Waals surface area contributed by atoms with Gasteiger partial charge in [-0.1, -0.05) is 17.2 Å². The Bertz CT molecular complexity index is 678. The normalized spacial score (nSPS) is 13.7. The van der Waals surface area contributed by atoms with Gasteiger partial charge in [-0.2, -0.15) is 0 Å². The van der Waals surface area contributed by atoms with Gasteiger partial charge < -0.3 is 14.8 Å². The highest BCUT2D eigenvalue weighted by atomic mass is 16.3. The minimum atomic E-state index is -1.17. The fraction of sp³-hybridized carbons (Fsp3) is 0.389. The largest absolute Gasteiger partial charge is 0.466 e. The van der Waals surface area contributed by atoms with Gasteiger partial charge >= 0.3 is 0 Å². The standard InChI is InChI=1S/C18H23NO3/c1-11-6-12(2)8-15(7-11)17(20)19-10-18(5,21)16-9-13(3)22-14(16)4/h6-9,21H,10H2,1-5H3,(H,19,20)/t18-/m0/s1. The molecule has 1 aromatic carbocycles. The molecule has 1 aromatic heterocycles. The Morgan fingerprint density at radius 3 is 2.23 bits per heavy atom. The number of hydrogen-bond acceptors (Lipinski definition) is 3. The highest BCUT2D eigenvalue weighted by molar-refractivity contribution is 5.94. The number of aliphatic hydroxyl groups is 1. The molecular formula is C18H23NO3. The summed E-state index contributed by atoms with van der Waals surface area (Å²) in [5.74, 6) is 1.22. The minimum absolute atomic E-state index is 0.124. The molecule has 0 unspecified atom stereocenters. The van der Waals surface area contributed by atoms with Crippen molar-refractivity contribution < 1.29 is 14.3 Å². The predicted octanol–water partition coefficient (Wildman–Crippen LogP) is 3.15. The molecule has 1 amide bonds. The molecule has 4 nitrogen and oxygen atoms in total. The first kappa shape index (κ1) is 16.3. The number of nitrogens with one attached hydrogen (secondary N) is 1. The molecule has 22 heavy (non-hydrogen) atoms. The number of amides is 1. The van der Waals surface area contributed by atoms with Gasteiger partial charge in [0, 0.05) is 11.1 Å². The maximum Gasteiger partial charge on any atom is 0.251 e. The maximum atomic E-state index is 12.3. The molecule has 0 fully saturated rings. The topological polar surface area (TPSA) is 62.5 Å². The molecule has 1 atom stereocenters. The molecular weight excluding hydrogens is 278 g/mol. The average Bonchev–Trinajstić information content (AvgIpc) is 2.75. The van der Waals surface area contributed by atoms with Crippen LogP contribution in [0.15, 0.2) is 28.7 Å². The summed E-state index contributed by atoms with van der Waals surface area (Å²) in [5.41, 5.74) is 2.21. The van der Waals surface area contributed by atoms with E-state index in [4.69, 9.17) is 4.42 Å². The second-order valence-corrected chi connectivity index (χ2v) is 6.16. The lowest BCUT2D eigenvalue weighted by Crippen LogP contribution is -2.38. The lowest BCUT2D eigenvalue weighted by Gasteiger charge is -2.23. The van der Waals surface area contributed by atoms with Crippen molar-refractivity contribution >= 4 is 5.91 Å². The van der Waals surface area contributed by atoms with Crippen molar-refractivity contribution in [3.8, 4) is 0 Å². The zero-order valence-corrected chi connectivity index (χ0v) is 13.8. The Morgan fingerprint density at radius 2 is 1.73 bits per heavy atom. The van der Waals surface area contributed by atoms with E-state index in [1.165, 1.54) is 0 Å². The van der Waals surface area contributed by atoms with E-state index in [0.29, 0.717) is 16.9 Å². The third-order valence-electron chi connectivity index (χ3n) is 3.70. The van der Waals surface area contributed by atoms with Gasteiger partial charge in [-0.25, -0.2) is 0 Å². The summed E-state index contributed by atoms with van der Waals surface area (Å²) < 4.78 is 5.45. The van der Waals surface area contributed by atoms with E-state index in [2.05, 4.69) is 5.32 Å². The van der Waals surface area contributed by atoms with Crippen molar-refractivity contribution in [2.45, 2.75) is 40.2 Å². The molecule has 2 N–H and O–H groups in total. The Labute approximate surface area is 131 Å². The first-order valence-corrected chi connectivity index (χ1v) is 7.35. The number of benzene rings is 1. The number of hydrogen-bond donors (Lipinski definition) is 2. The Kier molecular flexibility index (Phi) is 4.42. The molecule has 2 aromatic rings. The van der Waals surface area contributed by atoms with Gasteiger partial charge in [0.1, 0.15) is 17.1 Å². The van der Waals surface area contributed by atoms with Crippen LogP contribution >= 0.6 is 0 Å². The molecule has 118 valence electrons. The molecule has 0 aliphatic carbocycles. The minimum Gasteiger partial charge on any atom is -0.466 e. The monoisotopic (exact) mass is 301 g/mol. The summed E-state index contributed by atoms with van der Waals surface area (Å²) in [5, 5.41) is 13.4. The van der Waals surface area contributed by atoms with Crippen LogP contribution in [0.1, 0.15) is 45.5 Å². The van der Waals surface area contributed by atoms with Crippen molar-refractivity contribution in [2.75, 3.05) is 6.54 Å². The van der Waals surface area contributed by atoms with Crippen molar-refractivity contribution in [3.63, 3.8) is 0 Å². The zero-order chi connectivity index (χ0) is 16.5. The van der Waals surface area contributed by atoms with Crippen molar-refractivity contribution in [3.05, 3.63) is 58.0 Å². The number of carbonyl (C=O) groups is 1. The van der Waals surface area contributed by atoms with E-state index in [1.807, 2.05) is 45.9 Å². The van der Waals surface area contributed by atoms with Crippen LogP contribution in [0.5, 0.6) is 0 Å². The van der Waals surface area contributed by atoms with Crippen LogP contribution in [-0.2, 0) is 5.60 Å². The second kappa shape index (κ2) is 5.97. The fourth-order valence-corrected chi connectivity index (χ4v) is 2.72. The number of aryl methyl sites for hydroxylation is 4. The van der Waals surface area contributed by atoms with E-state index >= 15 is 0 Å². The average molecular weight is 301 g/mol. The quantitative estimate of drug-likeness (QED) is 0.912. The SMILES string of the molecule is Cc1cc(C)cc(C(=O)NC[C@](C)(O)c2cc(C)oc2C)c1. The second-order valence-electron chi connectivity index (χ2n) is 6.16. The molecule has 0 saturated heterocycles. The maximum absolute atomic E-state index is 12.3. The van der Waals surface area contributed by atoms with Crippen LogP contribution in [0.2, 0.25) is 0 Å². The molecule has 0 aliphatic heterocycles. The third-order valence-corrected chi connectivity index (χ3v) is 3.70. The smallest absolute Gasteiger partial charge is 0.251 e. The summed E-state index contributed by atoms with van der Waals surface area (Å²) in [4.78, 5) is 12.3. The Hall–Kier alpha value is -2.07. The molecule has 0 saturated carbocycles. The Balaban J connectivity index is 2.11. The van der Waals surface area contributed by atoms with Crippen LogP contribution < -0.4 is 5.32 Å². The van der Waals surface area contributed by atoms with Gasteiger partial charge in [-0.15, -0.1) is 0 Å². The van der Waals surface area contributed by atoms with Crippen LogP contribution in [0.3, 0.4) is 0 Å².